The molecule has 5 nitrogen and oxygen atoms in total. The van der Waals surface area contributed by atoms with Crippen LogP contribution in [-0.4, -0.2) is 19.3 Å². The van der Waals surface area contributed by atoms with Crippen molar-refractivity contribution in [2.24, 2.45) is 0 Å². The van der Waals surface area contributed by atoms with Gasteiger partial charge in [-0.3, -0.25) is 4.40 Å². The van der Waals surface area contributed by atoms with Crippen LogP contribution in [0.5, 0.6) is 0 Å². The highest BCUT2D eigenvalue weighted by molar-refractivity contribution is 5.35. The van der Waals surface area contributed by atoms with Crippen molar-refractivity contribution in [2.45, 2.75) is 13.2 Å². The molecule has 19 heavy (non-hydrogen) atoms. The number of aliphatic hydroxyl groups excluding tert-OH is 1. The van der Waals surface area contributed by atoms with Gasteiger partial charge in [-0.05, 0) is 23.3 Å². The molecule has 5 heteroatoms. The van der Waals surface area contributed by atoms with E-state index in [2.05, 4.69) is 5.10 Å². The van der Waals surface area contributed by atoms with E-state index in [0.29, 0.717) is 12.2 Å². The number of aromatic nitrogens is 3. The Labute approximate surface area is 109 Å². The Morgan fingerprint density at radius 3 is 2.47 bits per heavy atom. The van der Waals surface area contributed by atoms with Gasteiger partial charge in [0, 0.05) is 6.20 Å². The van der Waals surface area contributed by atoms with E-state index < -0.39 is 0 Å². The molecule has 1 aromatic carbocycles. The van der Waals surface area contributed by atoms with Gasteiger partial charge >= 0.3 is 5.69 Å². The molecule has 1 N–H and O–H groups in total. The van der Waals surface area contributed by atoms with Gasteiger partial charge in [0.1, 0.15) is 0 Å². The summed E-state index contributed by atoms with van der Waals surface area (Å²) in [5, 5.41) is 13.3. The first-order chi connectivity index (χ1) is 9.28. The number of fused-ring (bicyclic) bond motifs is 1. The summed E-state index contributed by atoms with van der Waals surface area (Å²) in [6.07, 6.45) is 1.70. The molecule has 3 aromatic rings. The van der Waals surface area contributed by atoms with E-state index in [1.807, 2.05) is 30.3 Å². The van der Waals surface area contributed by atoms with E-state index >= 15 is 0 Å². The van der Waals surface area contributed by atoms with Crippen molar-refractivity contribution in [3.8, 4) is 0 Å². The van der Waals surface area contributed by atoms with E-state index in [1.165, 1.54) is 9.08 Å². The lowest BCUT2D eigenvalue weighted by Crippen LogP contribution is -2.21. The first-order valence-corrected chi connectivity index (χ1v) is 6.01. The predicted molar refractivity (Wildman–Crippen MR) is 70.9 cm³/mol. The Kier molecular flexibility index (Phi) is 2.89. The lowest BCUT2D eigenvalue weighted by atomic mass is 10.1. The van der Waals surface area contributed by atoms with Crippen LogP contribution in [0, 0.1) is 0 Å². The highest BCUT2D eigenvalue weighted by Crippen LogP contribution is 2.05. The number of pyridine rings is 1. The molecule has 3 rings (SSSR count). The van der Waals surface area contributed by atoms with Crippen LogP contribution < -0.4 is 5.69 Å². The van der Waals surface area contributed by atoms with E-state index in [-0.39, 0.29) is 12.3 Å². The molecule has 0 fully saturated rings. The lowest BCUT2D eigenvalue weighted by Gasteiger charge is -2.01. The average Bonchev–Trinajstić information content (AvgIpc) is 2.77. The monoisotopic (exact) mass is 255 g/mol. The summed E-state index contributed by atoms with van der Waals surface area (Å²) < 4.78 is 2.95. The molecule has 0 saturated heterocycles. The van der Waals surface area contributed by atoms with Crippen molar-refractivity contribution >= 4 is 5.65 Å². The van der Waals surface area contributed by atoms with Crippen LogP contribution in [0.2, 0.25) is 0 Å². The van der Waals surface area contributed by atoms with Crippen molar-refractivity contribution in [1.29, 1.82) is 0 Å². The zero-order valence-electron chi connectivity index (χ0n) is 10.2. The fourth-order valence-corrected chi connectivity index (χ4v) is 1.99. The highest BCUT2D eigenvalue weighted by atomic mass is 16.3. The van der Waals surface area contributed by atoms with E-state index in [4.69, 9.17) is 5.11 Å². The molecule has 0 aliphatic rings. The maximum absolute atomic E-state index is 12.1. The van der Waals surface area contributed by atoms with Crippen molar-refractivity contribution in [1.82, 2.24) is 14.2 Å². The number of rotatable bonds is 3. The minimum Gasteiger partial charge on any atom is -0.392 e. The standard InChI is InChI=1S/C14H13N3O2/c18-10-12-6-4-11(5-7-12)9-17-14(19)16-8-2-1-3-13(16)15-17/h1-8,18H,9-10H2. The number of hydrogen-bond donors (Lipinski definition) is 1. The maximum atomic E-state index is 12.1. The summed E-state index contributed by atoms with van der Waals surface area (Å²) in [4.78, 5) is 12.1. The lowest BCUT2D eigenvalue weighted by molar-refractivity contribution is 0.282. The molecule has 2 aromatic heterocycles. The predicted octanol–water partition coefficient (Wildman–Crippen LogP) is 1.04. The summed E-state index contributed by atoms with van der Waals surface area (Å²) in [7, 11) is 0. The van der Waals surface area contributed by atoms with Crippen molar-refractivity contribution in [2.75, 3.05) is 0 Å². The minimum atomic E-state index is -0.151. The fourth-order valence-electron chi connectivity index (χ4n) is 1.99. The van der Waals surface area contributed by atoms with E-state index in [0.717, 1.165) is 11.1 Å². The molecular weight excluding hydrogens is 242 g/mol. The fraction of sp³-hybridized carbons (Fsp3) is 0.143. The van der Waals surface area contributed by atoms with Gasteiger partial charge in [0.05, 0.1) is 13.2 Å². The van der Waals surface area contributed by atoms with Gasteiger partial charge in [-0.25, -0.2) is 9.48 Å². The molecule has 0 amide bonds. The number of nitrogens with zero attached hydrogens (tertiary/aromatic N) is 3. The second-order valence-electron chi connectivity index (χ2n) is 4.34. The van der Waals surface area contributed by atoms with Crippen LogP contribution in [0.25, 0.3) is 5.65 Å². The van der Waals surface area contributed by atoms with Crippen LogP contribution in [0.1, 0.15) is 11.1 Å². The summed E-state index contributed by atoms with van der Waals surface area (Å²) in [6.45, 7) is 0.445. The number of benzene rings is 1. The minimum absolute atomic E-state index is 0.0224. The molecule has 0 aliphatic heterocycles. The Hall–Kier alpha value is -2.40. The summed E-state index contributed by atoms with van der Waals surface area (Å²) >= 11 is 0. The van der Waals surface area contributed by atoms with Crippen LogP contribution in [0.3, 0.4) is 0 Å². The molecule has 0 unspecified atom stereocenters. The molecule has 0 aliphatic carbocycles. The number of aliphatic hydroxyl groups is 1. The van der Waals surface area contributed by atoms with Crippen LogP contribution in [0.4, 0.5) is 0 Å². The maximum Gasteiger partial charge on any atom is 0.350 e. The van der Waals surface area contributed by atoms with Gasteiger partial charge in [0.15, 0.2) is 5.65 Å². The second-order valence-corrected chi connectivity index (χ2v) is 4.34. The Bertz CT molecular complexity index is 756. The zero-order chi connectivity index (χ0) is 13.2. The summed E-state index contributed by atoms with van der Waals surface area (Å²) in [5.41, 5.74) is 2.31. The summed E-state index contributed by atoms with van der Waals surface area (Å²) in [6, 6.07) is 12.9. The molecule has 0 radical (unpaired) electrons. The third-order valence-corrected chi connectivity index (χ3v) is 3.03. The topological polar surface area (TPSA) is 59.5 Å². The van der Waals surface area contributed by atoms with Gasteiger partial charge in [-0.1, -0.05) is 30.3 Å². The quantitative estimate of drug-likeness (QED) is 0.760. The van der Waals surface area contributed by atoms with Gasteiger partial charge in [-0.2, -0.15) is 0 Å². The molecule has 0 saturated carbocycles. The van der Waals surface area contributed by atoms with Crippen LogP contribution >= 0.6 is 0 Å². The SMILES string of the molecule is O=c1n(Cc2ccc(CO)cc2)nc2ccccn12. The van der Waals surface area contributed by atoms with Crippen molar-refractivity contribution in [3.63, 3.8) is 0 Å². The Morgan fingerprint density at radius 2 is 1.79 bits per heavy atom. The molecule has 0 spiro atoms. The van der Waals surface area contributed by atoms with Crippen LogP contribution in [0.15, 0.2) is 53.5 Å². The first kappa shape index (κ1) is 11.7. The largest absolute Gasteiger partial charge is 0.392 e. The van der Waals surface area contributed by atoms with Gasteiger partial charge in [-0.15, -0.1) is 5.10 Å². The normalized spacial score (nSPS) is 11.0. The Balaban J connectivity index is 1.96. The third kappa shape index (κ3) is 2.15. The third-order valence-electron chi connectivity index (χ3n) is 3.03. The van der Waals surface area contributed by atoms with Crippen LogP contribution in [-0.2, 0) is 13.2 Å². The smallest absolute Gasteiger partial charge is 0.350 e. The van der Waals surface area contributed by atoms with E-state index in [9.17, 15) is 4.79 Å². The molecule has 0 atom stereocenters. The second kappa shape index (κ2) is 4.70. The van der Waals surface area contributed by atoms with Crippen molar-refractivity contribution < 1.29 is 5.11 Å². The average molecular weight is 255 g/mol. The summed E-state index contributed by atoms with van der Waals surface area (Å²) in [5.74, 6) is 0. The van der Waals surface area contributed by atoms with Gasteiger partial charge in [0.2, 0.25) is 0 Å². The molecule has 2 heterocycles. The Morgan fingerprint density at radius 1 is 1.05 bits per heavy atom. The molecule has 0 bridgehead atoms. The molecule has 96 valence electrons. The zero-order valence-corrected chi connectivity index (χ0v) is 10.2. The van der Waals surface area contributed by atoms with Gasteiger partial charge in [0.25, 0.3) is 0 Å². The first-order valence-electron chi connectivity index (χ1n) is 6.01. The highest BCUT2D eigenvalue weighted by Gasteiger charge is 2.06. The van der Waals surface area contributed by atoms with E-state index in [1.54, 1.807) is 18.3 Å². The van der Waals surface area contributed by atoms with Gasteiger partial charge < -0.3 is 5.11 Å². The number of hydrogen-bond acceptors (Lipinski definition) is 3. The molecular formula is C14H13N3O2. The van der Waals surface area contributed by atoms with Crippen molar-refractivity contribution in [3.05, 3.63) is 70.3 Å².